The summed E-state index contributed by atoms with van der Waals surface area (Å²) in [7, 11) is -4.31. The molecule has 6 rings (SSSR count). The van der Waals surface area contributed by atoms with E-state index >= 15 is 9.59 Å². The van der Waals surface area contributed by atoms with Crippen molar-refractivity contribution < 1.29 is 66.7 Å². The normalized spacial score (nSPS) is 30.8. The molecule has 69 heavy (non-hydrogen) atoms. The number of amides is 1. The summed E-state index contributed by atoms with van der Waals surface area (Å²) < 4.78 is 44.2. The van der Waals surface area contributed by atoms with Crippen molar-refractivity contribution in [1.29, 1.82) is 0 Å². The van der Waals surface area contributed by atoms with E-state index in [1.54, 1.807) is 82.3 Å². The van der Waals surface area contributed by atoms with Gasteiger partial charge in [0.1, 0.15) is 17.8 Å². The second kappa shape index (κ2) is 19.8. The molecule has 1 saturated heterocycles. The summed E-state index contributed by atoms with van der Waals surface area (Å²) in [4.78, 5) is 72.2. The second-order valence-electron chi connectivity index (χ2n) is 21.8. The van der Waals surface area contributed by atoms with Gasteiger partial charge in [-0.05, 0) is 79.0 Å². The van der Waals surface area contributed by atoms with Crippen molar-refractivity contribution in [3.05, 3.63) is 82.9 Å². The van der Waals surface area contributed by atoms with Gasteiger partial charge in [0, 0.05) is 36.7 Å². The molecule has 0 spiro atoms. The molecule has 1 aliphatic heterocycles. The molecule has 2 unspecified atom stereocenters. The lowest BCUT2D eigenvalue weighted by molar-refractivity contribution is -0.343. The Morgan fingerprint density at radius 3 is 2.01 bits per heavy atom. The molecule has 2 aromatic rings. The highest BCUT2D eigenvalue weighted by Gasteiger charge is 2.78. The monoisotopic (exact) mass is 993 g/mol. The van der Waals surface area contributed by atoms with Crippen LogP contribution in [0.3, 0.4) is 0 Å². The number of aliphatic hydroxyl groups excluding tert-OH is 1. The van der Waals surface area contributed by atoms with Gasteiger partial charge in [0.25, 0.3) is 5.91 Å². The lowest BCUT2D eigenvalue weighted by atomic mass is 9.44. The zero-order valence-electron chi connectivity index (χ0n) is 42.9. The van der Waals surface area contributed by atoms with Gasteiger partial charge in [-0.15, -0.1) is 0 Å². The first kappa shape index (κ1) is 54.1. The highest BCUT2D eigenvalue weighted by Crippen LogP contribution is 2.64. The molecule has 3 N–H and O–H groups in total. The molecule has 3 aliphatic carbocycles. The average molecular weight is 994 g/mol. The molecular formula is C52H75NO14Si2. The molecule has 4 aliphatic rings. The molecule has 11 atom stereocenters. The van der Waals surface area contributed by atoms with Crippen LogP contribution in [0.4, 0.5) is 4.79 Å². The van der Waals surface area contributed by atoms with Crippen LogP contribution >= 0.6 is 0 Å². The summed E-state index contributed by atoms with van der Waals surface area (Å²) in [6.07, 6.45) is -9.64. The Morgan fingerprint density at radius 2 is 1.51 bits per heavy atom. The zero-order chi connectivity index (χ0) is 51.3. The van der Waals surface area contributed by atoms with E-state index in [4.69, 9.17) is 32.5 Å². The molecule has 3 fully saturated rings. The van der Waals surface area contributed by atoms with Gasteiger partial charge >= 0.3 is 18.1 Å². The SMILES string of the molecule is CC[Si](CC)(CC)O[C@H]1C[C@H]2OC[C@@]2(OC(=O)OC)C2C(O)[C@]3(O)C[C@H](OC(=O)[C@H](O[Si](C)(C)C(C)(C)C)[C@@H](NC(=O)c4ccccc4)c4ccccc4)C(C)=C([C@@H](OC(C)=O)C(=O)[C@@]21C)C3(C)C. The van der Waals surface area contributed by atoms with Crippen LogP contribution in [0.15, 0.2) is 71.8 Å². The van der Waals surface area contributed by atoms with Gasteiger partial charge in [0.15, 0.2) is 40.2 Å². The van der Waals surface area contributed by atoms with E-state index in [1.807, 2.05) is 39.9 Å². The number of fused-ring (bicyclic) bond motifs is 5. The fourth-order valence-corrected chi connectivity index (χ4v) is 15.4. The number of Topliss-reactive ketones (excluding diaryl/α,β-unsaturated/α-hetero) is 1. The van der Waals surface area contributed by atoms with Crippen molar-refractivity contribution in [1.82, 2.24) is 5.32 Å². The summed E-state index contributed by atoms with van der Waals surface area (Å²) in [5.74, 6) is -4.22. The number of carbonyl (C=O) groups excluding carboxylic acids is 5. The van der Waals surface area contributed by atoms with Gasteiger partial charge in [-0.3, -0.25) is 14.4 Å². The molecule has 2 saturated carbocycles. The topological polar surface area (TPSA) is 202 Å². The fourth-order valence-electron chi connectivity index (χ4n) is 11.3. The average Bonchev–Trinajstić information content (AvgIpc) is 3.29. The van der Waals surface area contributed by atoms with Crippen molar-refractivity contribution in [3.8, 4) is 0 Å². The standard InChI is InChI=1S/C52H75NO14Si2/c1-15-69(16-2,17-3)66-36-28-37-51(30-62-37,65-47(59)61-12)42-44(56)52(60)29-35(31(4)38(49(52,9)10)40(63-32(5)54)43(55)50(36,42)11)64-46(58)41(67-68(13,14)48(6,7)8)39(33-24-20-18-21-25-33)53-45(57)34-26-22-19-23-27-34/h18-27,35-37,39-42,44,56,60H,15-17,28-30H2,1-14H3,(H,53,57)/t35-,36-,37+,39-,40+,41+,42?,44?,50+,51-,52+/m0/s1. The van der Waals surface area contributed by atoms with Crippen molar-refractivity contribution in [3.63, 3.8) is 0 Å². The van der Waals surface area contributed by atoms with Gasteiger partial charge in [0.2, 0.25) is 0 Å². The molecule has 2 aromatic carbocycles. The summed E-state index contributed by atoms with van der Waals surface area (Å²) in [5.41, 5.74) is -5.99. The Kier molecular flexibility index (Phi) is 15.5. The minimum absolute atomic E-state index is 0.0864. The fraction of sp³-hybridized carbons (Fsp3) is 0.635. The van der Waals surface area contributed by atoms with E-state index in [-0.39, 0.29) is 18.6 Å². The van der Waals surface area contributed by atoms with Gasteiger partial charge in [-0.25, -0.2) is 9.59 Å². The van der Waals surface area contributed by atoms with Gasteiger partial charge in [-0.1, -0.05) is 104 Å². The number of benzene rings is 2. The van der Waals surface area contributed by atoms with Crippen LogP contribution in [0, 0.1) is 16.7 Å². The third-order valence-corrected chi connectivity index (χ3v) is 26.0. The lowest BCUT2D eigenvalue weighted by Gasteiger charge is -2.68. The van der Waals surface area contributed by atoms with Crippen molar-refractivity contribution in [2.75, 3.05) is 13.7 Å². The number of nitrogens with one attached hydrogen (secondary N) is 1. The quantitative estimate of drug-likeness (QED) is 0.0668. The third-order valence-electron chi connectivity index (χ3n) is 16.9. The van der Waals surface area contributed by atoms with E-state index < -0.39 is 128 Å². The molecule has 1 amide bonds. The Balaban J connectivity index is 1.56. The predicted octanol–water partition coefficient (Wildman–Crippen LogP) is 8.15. The highest BCUT2D eigenvalue weighted by molar-refractivity contribution is 6.74. The van der Waals surface area contributed by atoms with E-state index in [2.05, 4.69) is 26.1 Å². The Labute approximate surface area is 409 Å². The van der Waals surface area contributed by atoms with Gasteiger partial charge in [0.05, 0.1) is 37.4 Å². The molecule has 17 heteroatoms. The van der Waals surface area contributed by atoms with Gasteiger partial charge in [-0.2, -0.15) is 0 Å². The van der Waals surface area contributed by atoms with Crippen LogP contribution in [0.1, 0.15) is 111 Å². The number of esters is 2. The van der Waals surface area contributed by atoms with E-state index in [9.17, 15) is 24.6 Å². The van der Waals surface area contributed by atoms with Crippen LogP contribution in [-0.4, -0.2) is 118 Å². The maximum atomic E-state index is 16.1. The number of rotatable bonds is 15. The number of aliphatic hydroxyl groups is 2. The summed E-state index contributed by atoms with van der Waals surface area (Å²) in [6, 6.07) is 18.6. The third kappa shape index (κ3) is 9.41. The number of ether oxygens (including phenoxy) is 5. The number of carbonyl (C=O) groups is 5. The van der Waals surface area contributed by atoms with Crippen molar-refractivity contribution >= 4 is 46.4 Å². The van der Waals surface area contributed by atoms with Crippen molar-refractivity contribution in [2.45, 2.75) is 179 Å². The Bertz CT molecular complexity index is 2270. The largest absolute Gasteiger partial charge is 0.508 e. The molecule has 2 bridgehead atoms. The van der Waals surface area contributed by atoms with Gasteiger partial charge < -0.3 is 48.1 Å². The smallest absolute Gasteiger partial charge is 0.456 e. The molecular weight excluding hydrogens is 919 g/mol. The minimum Gasteiger partial charge on any atom is -0.456 e. The zero-order valence-corrected chi connectivity index (χ0v) is 44.9. The number of hydrogen-bond acceptors (Lipinski definition) is 14. The molecule has 380 valence electrons. The Hall–Kier alpha value is -4.24. The molecule has 0 radical (unpaired) electrons. The van der Waals surface area contributed by atoms with Crippen LogP contribution in [0.25, 0.3) is 0 Å². The first-order valence-electron chi connectivity index (χ1n) is 24.3. The van der Waals surface area contributed by atoms with Crippen LogP contribution in [-0.2, 0) is 46.9 Å². The number of ketones is 1. The molecule has 15 nitrogen and oxygen atoms in total. The molecule has 0 aromatic heterocycles. The minimum atomic E-state index is -2.89. The van der Waals surface area contributed by atoms with Crippen LogP contribution < -0.4 is 5.32 Å². The maximum absolute atomic E-state index is 16.1. The van der Waals surface area contributed by atoms with Crippen LogP contribution in [0.5, 0.6) is 0 Å². The number of hydrogen-bond donors (Lipinski definition) is 3. The predicted molar refractivity (Wildman–Crippen MR) is 262 cm³/mol. The summed E-state index contributed by atoms with van der Waals surface area (Å²) in [5, 5.41) is 29.7. The van der Waals surface area contributed by atoms with E-state index in [1.165, 1.54) is 6.92 Å². The molecule has 1 heterocycles. The van der Waals surface area contributed by atoms with E-state index in [0.717, 1.165) is 7.11 Å². The maximum Gasteiger partial charge on any atom is 0.508 e. The summed E-state index contributed by atoms with van der Waals surface area (Å²) >= 11 is 0. The van der Waals surface area contributed by atoms with Crippen molar-refractivity contribution in [2.24, 2.45) is 16.7 Å². The first-order valence-corrected chi connectivity index (χ1v) is 29.8. The lowest BCUT2D eigenvalue weighted by Crippen LogP contribution is -2.82. The second-order valence-corrected chi connectivity index (χ2v) is 31.2. The summed E-state index contributed by atoms with van der Waals surface area (Å²) in [6.45, 7) is 23.7. The van der Waals surface area contributed by atoms with E-state index in [0.29, 0.717) is 34.8 Å². The highest BCUT2D eigenvalue weighted by atomic mass is 28.4. The van der Waals surface area contributed by atoms with Crippen LogP contribution in [0.2, 0.25) is 36.3 Å². The first-order chi connectivity index (χ1) is 32.1. The number of methoxy groups -OCH3 is 1. The Morgan fingerprint density at radius 1 is 0.928 bits per heavy atom.